The molecular weight excluding hydrogens is 210 g/mol. The smallest absolute Gasteiger partial charge is 0.265 e. The Bertz CT molecular complexity index is 311. The van der Waals surface area contributed by atoms with E-state index < -0.39 is 6.43 Å². The largest absolute Gasteiger partial charge is 0.365 e. The highest BCUT2D eigenvalue weighted by molar-refractivity contribution is 6.29. The number of hydrogen-bond acceptors (Lipinski definition) is 2. The van der Waals surface area contributed by atoms with E-state index in [2.05, 4.69) is 16.9 Å². The number of nitrogens with zero attached hydrogens (tertiary/aromatic N) is 1. The molecule has 2 nitrogen and oxygen atoms in total. The van der Waals surface area contributed by atoms with Crippen LogP contribution in [0.4, 0.5) is 14.6 Å². The first-order chi connectivity index (χ1) is 6.59. The average Bonchev–Trinajstić information content (AvgIpc) is 2.15. The van der Waals surface area contributed by atoms with Crippen LogP contribution < -0.4 is 5.32 Å². The van der Waals surface area contributed by atoms with Gasteiger partial charge in [0.15, 0.2) is 0 Å². The summed E-state index contributed by atoms with van der Waals surface area (Å²) < 4.78 is 24.2. The second-order valence-electron chi connectivity index (χ2n) is 2.65. The summed E-state index contributed by atoms with van der Waals surface area (Å²) in [6, 6.07) is 2.79. The summed E-state index contributed by atoms with van der Waals surface area (Å²) in [6.07, 6.45) is -1.36. The van der Waals surface area contributed by atoms with E-state index in [1.165, 1.54) is 12.1 Å². The number of aromatic nitrogens is 1. The number of halogens is 3. The van der Waals surface area contributed by atoms with Gasteiger partial charge in [-0.1, -0.05) is 18.2 Å². The molecule has 0 unspecified atom stereocenters. The van der Waals surface area contributed by atoms with Gasteiger partial charge in [-0.3, -0.25) is 0 Å². The normalized spacial score (nSPS) is 10.3. The van der Waals surface area contributed by atoms with Crippen molar-refractivity contribution in [1.29, 1.82) is 0 Å². The Morgan fingerprint density at radius 1 is 1.57 bits per heavy atom. The monoisotopic (exact) mass is 218 g/mol. The number of rotatable bonds is 4. The fourth-order valence-electron chi connectivity index (χ4n) is 0.825. The lowest BCUT2D eigenvalue weighted by Gasteiger charge is -2.04. The van der Waals surface area contributed by atoms with Crippen molar-refractivity contribution in [3.8, 4) is 0 Å². The molecule has 1 heterocycles. The van der Waals surface area contributed by atoms with Gasteiger partial charge in [-0.15, -0.1) is 0 Å². The molecule has 0 atom stereocenters. The summed E-state index contributed by atoms with van der Waals surface area (Å²) in [5.74, 6) is 0.496. The predicted octanol–water partition coefficient (Wildman–Crippen LogP) is 3.18. The molecule has 14 heavy (non-hydrogen) atoms. The van der Waals surface area contributed by atoms with Crippen LogP contribution >= 0.6 is 11.6 Å². The molecule has 0 bridgehead atoms. The zero-order chi connectivity index (χ0) is 10.6. The van der Waals surface area contributed by atoms with E-state index in [1.807, 2.05) is 0 Å². The minimum absolute atomic E-state index is 0.0970. The van der Waals surface area contributed by atoms with E-state index in [-0.39, 0.29) is 5.56 Å². The van der Waals surface area contributed by atoms with Crippen molar-refractivity contribution in [2.75, 3.05) is 11.9 Å². The quantitative estimate of drug-likeness (QED) is 0.840. The Labute approximate surface area is 85.6 Å². The second kappa shape index (κ2) is 4.91. The van der Waals surface area contributed by atoms with Crippen LogP contribution in [0.15, 0.2) is 29.9 Å². The van der Waals surface area contributed by atoms with Gasteiger partial charge in [-0.05, 0) is 12.1 Å². The lowest BCUT2D eigenvalue weighted by atomic mass is 10.3. The molecule has 5 heteroatoms. The molecule has 1 aromatic rings. The average molecular weight is 219 g/mol. The predicted molar refractivity (Wildman–Crippen MR) is 52.7 cm³/mol. The number of pyridine rings is 1. The number of hydrogen-bond donors (Lipinski definition) is 1. The van der Waals surface area contributed by atoms with Crippen LogP contribution in [-0.4, -0.2) is 11.5 Å². The Kier molecular flexibility index (Phi) is 3.83. The summed E-state index contributed by atoms with van der Waals surface area (Å²) in [5.41, 5.74) is -0.0970. The standard InChI is InChI=1S/C9H9ClF2N2/c1-6(10)4-13-8-3-2-7(5-14-8)9(11)12/h2-3,5,9H,1,4H2,(H,13,14). The first-order valence-electron chi connectivity index (χ1n) is 3.91. The molecule has 0 saturated heterocycles. The number of nitrogens with one attached hydrogen (secondary N) is 1. The summed E-state index contributed by atoms with van der Waals surface area (Å²) in [7, 11) is 0. The topological polar surface area (TPSA) is 24.9 Å². The molecule has 0 aliphatic heterocycles. The molecule has 0 aliphatic carbocycles. The SMILES string of the molecule is C=C(Cl)CNc1ccc(C(F)F)cn1. The van der Waals surface area contributed by atoms with Crippen LogP contribution in [0.25, 0.3) is 0 Å². The second-order valence-corrected chi connectivity index (χ2v) is 3.18. The van der Waals surface area contributed by atoms with E-state index in [4.69, 9.17) is 11.6 Å². The fraction of sp³-hybridized carbons (Fsp3) is 0.222. The van der Waals surface area contributed by atoms with Gasteiger partial charge in [0.1, 0.15) is 5.82 Å². The van der Waals surface area contributed by atoms with Crippen LogP contribution in [0.1, 0.15) is 12.0 Å². The Balaban J connectivity index is 2.59. The van der Waals surface area contributed by atoms with Gasteiger partial charge >= 0.3 is 0 Å². The van der Waals surface area contributed by atoms with E-state index in [1.54, 1.807) is 0 Å². The molecule has 0 aliphatic rings. The van der Waals surface area contributed by atoms with Crippen molar-refractivity contribution in [3.63, 3.8) is 0 Å². The van der Waals surface area contributed by atoms with Crippen LogP contribution in [0.3, 0.4) is 0 Å². The highest BCUT2D eigenvalue weighted by atomic mass is 35.5. The maximum absolute atomic E-state index is 12.1. The summed E-state index contributed by atoms with van der Waals surface area (Å²) in [6.45, 7) is 3.83. The molecule has 76 valence electrons. The maximum Gasteiger partial charge on any atom is 0.265 e. The fourth-order valence-corrected chi connectivity index (χ4v) is 0.892. The Morgan fingerprint density at radius 3 is 2.71 bits per heavy atom. The van der Waals surface area contributed by atoms with Crippen LogP contribution in [0.2, 0.25) is 0 Å². The van der Waals surface area contributed by atoms with E-state index in [0.717, 1.165) is 6.20 Å². The van der Waals surface area contributed by atoms with Gasteiger partial charge in [0, 0.05) is 16.8 Å². The van der Waals surface area contributed by atoms with Gasteiger partial charge in [-0.2, -0.15) is 0 Å². The van der Waals surface area contributed by atoms with E-state index in [0.29, 0.717) is 17.4 Å². The highest BCUT2D eigenvalue weighted by Crippen LogP contribution is 2.18. The van der Waals surface area contributed by atoms with Crippen molar-refractivity contribution < 1.29 is 8.78 Å². The summed E-state index contributed by atoms with van der Waals surface area (Å²) in [5, 5.41) is 3.26. The van der Waals surface area contributed by atoms with Gasteiger partial charge in [-0.25, -0.2) is 13.8 Å². The Hall–Kier alpha value is -1.16. The molecule has 0 saturated carbocycles. The van der Waals surface area contributed by atoms with Crippen molar-refractivity contribution in [3.05, 3.63) is 35.5 Å². The van der Waals surface area contributed by atoms with Gasteiger partial charge in [0.2, 0.25) is 0 Å². The minimum Gasteiger partial charge on any atom is -0.365 e. The van der Waals surface area contributed by atoms with Crippen LogP contribution in [0.5, 0.6) is 0 Å². The van der Waals surface area contributed by atoms with E-state index in [9.17, 15) is 8.78 Å². The first kappa shape index (κ1) is 10.9. The minimum atomic E-state index is -2.49. The number of alkyl halides is 2. The van der Waals surface area contributed by atoms with Gasteiger partial charge in [0.25, 0.3) is 6.43 Å². The molecule has 0 radical (unpaired) electrons. The third kappa shape index (κ3) is 3.30. The summed E-state index contributed by atoms with van der Waals surface area (Å²) in [4.78, 5) is 3.78. The molecule has 1 aromatic heterocycles. The van der Waals surface area contributed by atoms with Crippen molar-refractivity contribution >= 4 is 17.4 Å². The first-order valence-corrected chi connectivity index (χ1v) is 4.28. The van der Waals surface area contributed by atoms with Gasteiger partial charge in [0.05, 0.1) is 6.54 Å². The highest BCUT2D eigenvalue weighted by Gasteiger charge is 2.06. The number of anilines is 1. The van der Waals surface area contributed by atoms with Crippen molar-refractivity contribution in [1.82, 2.24) is 4.98 Å². The molecule has 0 fully saturated rings. The molecule has 0 aromatic carbocycles. The third-order valence-electron chi connectivity index (χ3n) is 1.50. The molecular formula is C9H9ClF2N2. The van der Waals surface area contributed by atoms with Crippen molar-refractivity contribution in [2.24, 2.45) is 0 Å². The van der Waals surface area contributed by atoms with Crippen LogP contribution in [0, 0.1) is 0 Å². The van der Waals surface area contributed by atoms with E-state index >= 15 is 0 Å². The zero-order valence-electron chi connectivity index (χ0n) is 7.30. The van der Waals surface area contributed by atoms with Crippen molar-refractivity contribution in [2.45, 2.75) is 6.43 Å². The molecule has 0 amide bonds. The Morgan fingerprint density at radius 2 is 2.29 bits per heavy atom. The maximum atomic E-state index is 12.1. The molecule has 0 spiro atoms. The zero-order valence-corrected chi connectivity index (χ0v) is 8.06. The molecule has 1 N–H and O–H groups in total. The lowest BCUT2D eigenvalue weighted by molar-refractivity contribution is 0.151. The van der Waals surface area contributed by atoms with Crippen LogP contribution in [-0.2, 0) is 0 Å². The third-order valence-corrected chi connectivity index (χ3v) is 1.63. The lowest BCUT2D eigenvalue weighted by Crippen LogP contribution is -2.02. The van der Waals surface area contributed by atoms with Gasteiger partial charge < -0.3 is 5.32 Å². The summed E-state index contributed by atoms with van der Waals surface area (Å²) >= 11 is 5.50. The molecule has 1 rings (SSSR count).